The zero-order valence-corrected chi connectivity index (χ0v) is 22.8. The number of Topliss-reactive ketones (excluding diaryl/α,β-unsaturated/α-hetero) is 2. The van der Waals surface area contributed by atoms with Crippen molar-refractivity contribution in [3.63, 3.8) is 0 Å². The van der Waals surface area contributed by atoms with E-state index in [1.54, 1.807) is 0 Å². The van der Waals surface area contributed by atoms with Gasteiger partial charge in [-0.25, -0.2) is 0 Å². The van der Waals surface area contributed by atoms with E-state index in [1.165, 1.54) is 0 Å². The van der Waals surface area contributed by atoms with Crippen LogP contribution >= 0.6 is 0 Å². The number of aromatic nitrogens is 1. The average molecular weight is 533 g/mol. The number of aryl methyl sites for hydroxylation is 1. The third-order valence-corrected chi connectivity index (χ3v) is 7.98. The number of hydrogen-bond donors (Lipinski definition) is 1. The van der Waals surface area contributed by atoms with Crippen molar-refractivity contribution < 1.29 is 19.2 Å². The van der Waals surface area contributed by atoms with E-state index < -0.39 is 0 Å². The molecule has 1 N–H and O–H groups in total. The highest BCUT2D eigenvalue weighted by molar-refractivity contribution is 6.24. The molecule has 1 atom stereocenters. The van der Waals surface area contributed by atoms with E-state index in [4.69, 9.17) is 9.52 Å². The van der Waals surface area contributed by atoms with Gasteiger partial charge in [0.15, 0.2) is 11.6 Å². The molecule has 0 spiro atoms. The number of allylic oxidation sites excluding steroid dienone is 2. The first-order chi connectivity index (χ1) is 19.3. The van der Waals surface area contributed by atoms with Crippen molar-refractivity contribution in [1.82, 2.24) is 5.16 Å². The first kappa shape index (κ1) is 25.9. The fourth-order valence-corrected chi connectivity index (χ4v) is 6.05. The first-order valence-electron chi connectivity index (χ1n) is 13.8. The van der Waals surface area contributed by atoms with Crippen LogP contribution in [0.2, 0.25) is 0 Å². The van der Waals surface area contributed by atoms with Crippen molar-refractivity contribution in [3.8, 4) is 0 Å². The van der Waals surface area contributed by atoms with Gasteiger partial charge in [0.05, 0.1) is 28.2 Å². The van der Waals surface area contributed by atoms with Crippen LogP contribution in [0.5, 0.6) is 0 Å². The van der Waals surface area contributed by atoms with E-state index in [1.807, 2.05) is 72.8 Å². The highest BCUT2D eigenvalue weighted by atomic mass is 16.5. The summed E-state index contributed by atoms with van der Waals surface area (Å²) in [6.45, 7) is 4.11. The summed E-state index contributed by atoms with van der Waals surface area (Å²) in [5, 5.41) is 17.6. The summed E-state index contributed by atoms with van der Waals surface area (Å²) in [6, 6.07) is 23.8. The van der Waals surface area contributed by atoms with Gasteiger partial charge in [0, 0.05) is 25.7 Å². The molecule has 6 rings (SSSR count). The van der Waals surface area contributed by atoms with Crippen molar-refractivity contribution in [1.29, 1.82) is 0 Å². The van der Waals surface area contributed by atoms with Gasteiger partial charge in [-0.15, -0.1) is 0 Å². The van der Waals surface area contributed by atoms with E-state index in [9.17, 15) is 14.7 Å². The Kier molecular flexibility index (Phi) is 6.70. The van der Waals surface area contributed by atoms with Gasteiger partial charge < -0.3 is 9.63 Å². The van der Waals surface area contributed by atoms with Crippen LogP contribution in [0.3, 0.4) is 0 Å². The van der Waals surface area contributed by atoms with Crippen molar-refractivity contribution in [2.75, 3.05) is 0 Å². The van der Waals surface area contributed by atoms with Crippen molar-refractivity contribution in [2.45, 2.75) is 58.3 Å². The molecule has 6 heteroatoms. The molecule has 0 saturated carbocycles. The molecule has 2 aliphatic carbocycles. The normalized spacial score (nSPS) is 19.2. The number of hydrogen-bond acceptors (Lipinski definition) is 6. The maximum Gasteiger partial charge on any atom is 0.168 e. The molecule has 4 aromatic rings. The highest BCUT2D eigenvalue weighted by Crippen LogP contribution is 2.38. The number of nitrogens with zero attached hydrogens (tertiary/aromatic N) is 2. The minimum atomic E-state index is -0.163. The van der Waals surface area contributed by atoms with Crippen molar-refractivity contribution in [2.24, 2.45) is 10.4 Å². The fourth-order valence-electron chi connectivity index (χ4n) is 6.05. The van der Waals surface area contributed by atoms with Crippen LogP contribution in [0.4, 0.5) is 5.69 Å². The van der Waals surface area contributed by atoms with Gasteiger partial charge in [0.2, 0.25) is 0 Å². The molecule has 202 valence electrons. The molecule has 0 amide bonds. The van der Waals surface area contributed by atoms with Crippen LogP contribution < -0.4 is 0 Å². The fraction of sp³-hybridized carbons (Fsp3) is 0.294. The molecule has 0 radical (unpaired) electrons. The molecule has 6 nitrogen and oxygen atoms in total. The Labute approximate surface area is 233 Å². The molecular weight excluding hydrogens is 500 g/mol. The molecule has 0 fully saturated rings. The van der Waals surface area contributed by atoms with E-state index >= 15 is 0 Å². The lowest BCUT2D eigenvalue weighted by Crippen LogP contribution is -2.27. The van der Waals surface area contributed by atoms with Crippen LogP contribution in [0.25, 0.3) is 10.8 Å². The highest BCUT2D eigenvalue weighted by Gasteiger charge is 2.37. The van der Waals surface area contributed by atoms with Gasteiger partial charge in [0.25, 0.3) is 0 Å². The lowest BCUT2D eigenvalue weighted by atomic mass is 9.75. The summed E-state index contributed by atoms with van der Waals surface area (Å²) in [7, 11) is 0. The molecule has 0 bridgehead atoms. The maximum absolute atomic E-state index is 13.6. The molecule has 0 saturated heterocycles. The molecule has 1 aromatic heterocycles. The number of aliphatic imine (C=N–C) groups is 1. The van der Waals surface area contributed by atoms with Gasteiger partial charge >= 0.3 is 0 Å². The minimum absolute atomic E-state index is 0.0389. The number of rotatable bonds is 6. The van der Waals surface area contributed by atoms with Crippen molar-refractivity contribution >= 4 is 33.7 Å². The van der Waals surface area contributed by atoms with Gasteiger partial charge in [-0.1, -0.05) is 79.7 Å². The molecule has 0 aliphatic heterocycles. The predicted molar refractivity (Wildman–Crippen MR) is 155 cm³/mol. The lowest BCUT2D eigenvalue weighted by Gasteiger charge is -2.26. The zero-order valence-electron chi connectivity index (χ0n) is 22.8. The molecule has 1 heterocycles. The smallest absolute Gasteiger partial charge is 0.168 e. The number of aliphatic hydroxyl groups is 1. The Hall–Kier alpha value is -4.32. The van der Waals surface area contributed by atoms with E-state index in [0.717, 1.165) is 16.3 Å². The summed E-state index contributed by atoms with van der Waals surface area (Å²) < 4.78 is 5.60. The minimum Gasteiger partial charge on any atom is -0.511 e. The maximum atomic E-state index is 13.6. The van der Waals surface area contributed by atoms with Gasteiger partial charge in [0.1, 0.15) is 11.5 Å². The number of carbonyl (C=O) groups excluding carboxylic acids is 2. The summed E-state index contributed by atoms with van der Waals surface area (Å²) >= 11 is 0. The Morgan fingerprint density at radius 3 is 2.48 bits per heavy atom. The second-order valence-electron chi connectivity index (χ2n) is 11.7. The summed E-state index contributed by atoms with van der Waals surface area (Å²) in [5.41, 5.74) is 3.52. The summed E-state index contributed by atoms with van der Waals surface area (Å²) in [6.07, 6.45) is 2.48. The van der Waals surface area contributed by atoms with Gasteiger partial charge in [-0.3, -0.25) is 14.6 Å². The predicted octanol–water partition coefficient (Wildman–Crippen LogP) is 7.65. The lowest BCUT2D eigenvalue weighted by molar-refractivity contribution is -0.116. The monoisotopic (exact) mass is 532 g/mol. The number of fused-ring (bicyclic) bond motifs is 2. The SMILES string of the molecule is CC1(C)CC(=O)c2c(CCC(=Nc3ccc4ccccc4c3)C3=C(O)CC(c4ccccc4)CC3=O)noc2C1. The second kappa shape index (κ2) is 10.3. The quantitative estimate of drug-likeness (QED) is 0.258. The van der Waals surface area contributed by atoms with Gasteiger partial charge in [-0.2, -0.15) is 0 Å². The molecule has 40 heavy (non-hydrogen) atoms. The van der Waals surface area contributed by atoms with E-state index in [2.05, 4.69) is 19.0 Å². The molecule has 1 unspecified atom stereocenters. The zero-order chi connectivity index (χ0) is 27.9. The Balaban J connectivity index is 1.36. The van der Waals surface area contributed by atoms with Gasteiger partial charge in [-0.05, 0) is 52.6 Å². The first-order valence-corrected chi connectivity index (χ1v) is 13.8. The number of aliphatic hydroxyl groups excluding tert-OH is 1. The Bertz CT molecular complexity index is 1680. The van der Waals surface area contributed by atoms with Crippen LogP contribution in [0.1, 0.15) is 72.8 Å². The van der Waals surface area contributed by atoms with Crippen LogP contribution in [-0.4, -0.2) is 27.5 Å². The Morgan fingerprint density at radius 2 is 1.70 bits per heavy atom. The molecule has 3 aromatic carbocycles. The number of benzene rings is 3. The van der Waals surface area contributed by atoms with Crippen LogP contribution in [-0.2, 0) is 17.6 Å². The second-order valence-corrected chi connectivity index (χ2v) is 11.7. The van der Waals surface area contributed by atoms with E-state index in [-0.39, 0.29) is 34.2 Å². The standard InChI is InChI=1S/C34H32N2O4/c1-34(2)19-30(39)33-27(36-40-31(33)20-34)15-14-26(35-25-13-12-22-10-6-7-11-23(22)16-25)32-28(37)17-24(18-29(32)38)21-8-4-3-5-9-21/h3-13,16,24,37H,14-15,17-20H2,1-2H3. The number of carbonyl (C=O) groups is 2. The third kappa shape index (κ3) is 5.14. The molecular formula is C34H32N2O4. The Morgan fingerprint density at radius 1 is 0.950 bits per heavy atom. The van der Waals surface area contributed by atoms with Crippen LogP contribution in [0, 0.1) is 5.41 Å². The van der Waals surface area contributed by atoms with Crippen molar-refractivity contribution in [3.05, 3.63) is 107 Å². The van der Waals surface area contributed by atoms with Crippen LogP contribution in [0.15, 0.2) is 93.6 Å². The largest absolute Gasteiger partial charge is 0.511 e. The third-order valence-electron chi connectivity index (χ3n) is 7.98. The summed E-state index contributed by atoms with van der Waals surface area (Å²) in [4.78, 5) is 31.5. The average Bonchev–Trinajstić information content (AvgIpc) is 3.33. The van der Waals surface area contributed by atoms with E-state index in [0.29, 0.717) is 66.9 Å². The number of ketones is 2. The molecule has 2 aliphatic rings. The topological polar surface area (TPSA) is 92.8 Å². The summed E-state index contributed by atoms with van der Waals surface area (Å²) in [5.74, 6) is 0.521.